The van der Waals surface area contributed by atoms with Crippen molar-refractivity contribution in [3.05, 3.63) is 65.7 Å². The highest BCUT2D eigenvalue weighted by atomic mass is 16.5. The number of fused-ring (bicyclic) bond motifs is 1. The molecule has 0 saturated heterocycles. The van der Waals surface area contributed by atoms with E-state index in [-0.39, 0.29) is 11.8 Å². The summed E-state index contributed by atoms with van der Waals surface area (Å²) in [4.78, 5) is 24.9. The van der Waals surface area contributed by atoms with Gasteiger partial charge in [0, 0.05) is 11.8 Å². The monoisotopic (exact) mass is 354 g/mol. The van der Waals surface area contributed by atoms with Crippen molar-refractivity contribution in [3.63, 3.8) is 0 Å². The van der Waals surface area contributed by atoms with Crippen molar-refractivity contribution in [3.8, 4) is 5.75 Å². The summed E-state index contributed by atoms with van der Waals surface area (Å²) in [5, 5.41) is 0. The van der Waals surface area contributed by atoms with E-state index in [1.165, 1.54) is 14.2 Å². The van der Waals surface area contributed by atoms with E-state index in [9.17, 15) is 9.59 Å². The van der Waals surface area contributed by atoms with Crippen molar-refractivity contribution >= 4 is 11.9 Å². The van der Waals surface area contributed by atoms with Crippen LogP contribution in [0.3, 0.4) is 0 Å². The Hall–Kier alpha value is -2.82. The number of hydrogen-bond acceptors (Lipinski definition) is 5. The van der Waals surface area contributed by atoms with Gasteiger partial charge in [-0.15, -0.1) is 0 Å². The first-order valence-electron chi connectivity index (χ1n) is 8.57. The molecule has 1 aliphatic rings. The zero-order chi connectivity index (χ0) is 18.5. The number of rotatable bonds is 5. The van der Waals surface area contributed by atoms with E-state index in [4.69, 9.17) is 14.2 Å². The summed E-state index contributed by atoms with van der Waals surface area (Å²) in [6, 6.07) is 17.5. The Kier molecular flexibility index (Phi) is 5.56. The molecule has 0 N–H and O–H groups in total. The number of hydrogen-bond donors (Lipinski definition) is 0. The number of benzene rings is 2. The zero-order valence-electron chi connectivity index (χ0n) is 14.9. The van der Waals surface area contributed by atoms with Gasteiger partial charge in [0.2, 0.25) is 0 Å². The normalized spacial score (nSPS) is 18.6. The largest absolute Gasteiger partial charge is 0.493 e. The van der Waals surface area contributed by atoms with Gasteiger partial charge in [-0.25, -0.2) is 0 Å². The predicted molar refractivity (Wildman–Crippen MR) is 95.8 cm³/mol. The summed E-state index contributed by atoms with van der Waals surface area (Å²) in [6.07, 6.45) is 0.685. The molecule has 136 valence electrons. The van der Waals surface area contributed by atoms with E-state index < -0.39 is 17.9 Å². The molecule has 0 amide bonds. The maximum atomic E-state index is 12.5. The fourth-order valence-corrected chi connectivity index (χ4v) is 3.64. The van der Waals surface area contributed by atoms with Crippen LogP contribution >= 0.6 is 0 Å². The van der Waals surface area contributed by atoms with Crippen LogP contribution in [0.25, 0.3) is 0 Å². The molecule has 0 spiro atoms. The molecule has 2 unspecified atom stereocenters. The highest BCUT2D eigenvalue weighted by Gasteiger charge is 2.45. The molecule has 2 aromatic rings. The lowest BCUT2D eigenvalue weighted by molar-refractivity contribution is -0.161. The Labute approximate surface area is 152 Å². The maximum Gasteiger partial charge on any atom is 0.320 e. The molecule has 2 atom stereocenters. The van der Waals surface area contributed by atoms with Crippen LogP contribution in [0.5, 0.6) is 5.75 Å². The highest BCUT2D eigenvalue weighted by Crippen LogP contribution is 2.43. The van der Waals surface area contributed by atoms with Crippen LogP contribution in [0, 0.1) is 11.8 Å². The van der Waals surface area contributed by atoms with E-state index in [2.05, 4.69) is 0 Å². The van der Waals surface area contributed by atoms with Crippen LogP contribution in [0.4, 0.5) is 0 Å². The molecule has 26 heavy (non-hydrogen) atoms. The molecule has 0 radical (unpaired) electrons. The topological polar surface area (TPSA) is 61.8 Å². The second-order valence-corrected chi connectivity index (χ2v) is 6.35. The van der Waals surface area contributed by atoms with Crippen LogP contribution in [0.1, 0.15) is 17.0 Å². The van der Waals surface area contributed by atoms with Crippen molar-refractivity contribution in [1.29, 1.82) is 0 Å². The number of ether oxygens (including phenoxy) is 3. The summed E-state index contributed by atoms with van der Waals surface area (Å²) in [5.41, 5.74) is 1.96. The molecule has 3 rings (SSSR count). The minimum Gasteiger partial charge on any atom is -0.493 e. The van der Waals surface area contributed by atoms with Crippen LogP contribution in [0.15, 0.2) is 54.6 Å². The molecule has 5 heteroatoms. The van der Waals surface area contributed by atoms with Gasteiger partial charge in [-0.3, -0.25) is 9.59 Å². The van der Waals surface area contributed by atoms with Gasteiger partial charge in [0.15, 0.2) is 5.92 Å². The van der Waals surface area contributed by atoms with Gasteiger partial charge in [0.25, 0.3) is 0 Å². The molecule has 0 aromatic heterocycles. The summed E-state index contributed by atoms with van der Waals surface area (Å²) < 4.78 is 15.8. The third-order valence-electron chi connectivity index (χ3n) is 4.85. The Morgan fingerprint density at radius 1 is 1.00 bits per heavy atom. The molecule has 1 aliphatic heterocycles. The number of methoxy groups -OCH3 is 2. The first kappa shape index (κ1) is 18.0. The van der Waals surface area contributed by atoms with Gasteiger partial charge < -0.3 is 14.2 Å². The van der Waals surface area contributed by atoms with Crippen molar-refractivity contribution in [1.82, 2.24) is 0 Å². The van der Waals surface area contributed by atoms with Crippen molar-refractivity contribution < 1.29 is 23.8 Å². The minimum atomic E-state index is -1.02. The van der Waals surface area contributed by atoms with Crippen molar-refractivity contribution in [2.45, 2.75) is 12.3 Å². The quantitative estimate of drug-likeness (QED) is 0.610. The van der Waals surface area contributed by atoms with Crippen molar-refractivity contribution in [2.24, 2.45) is 11.8 Å². The van der Waals surface area contributed by atoms with Crippen molar-refractivity contribution in [2.75, 3.05) is 20.8 Å². The predicted octanol–water partition coefficient (Wildman–Crippen LogP) is 2.98. The third kappa shape index (κ3) is 3.57. The average molecular weight is 354 g/mol. The molecule has 0 saturated carbocycles. The molecule has 1 heterocycles. The van der Waals surface area contributed by atoms with E-state index in [1.807, 2.05) is 54.6 Å². The number of esters is 2. The first-order valence-corrected chi connectivity index (χ1v) is 8.57. The summed E-state index contributed by atoms with van der Waals surface area (Å²) in [6.45, 7) is 0.418. The lowest BCUT2D eigenvalue weighted by Gasteiger charge is -2.36. The third-order valence-corrected chi connectivity index (χ3v) is 4.85. The van der Waals surface area contributed by atoms with Gasteiger partial charge in [-0.05, 0) is 23.6 Å². The smallest absolute Gasteiger partial charge is 0.320 e. The lowest BCUT2D eigenvalue weighted by atomic mass is 9.73. The fourth-order valence-electron chi connectivity index (χ4n) is 3.64. The van der Waals surface area contributed by atoms with E-state index in [1.54, 1.807) is 0 Å². The first-order chi connectivity index (χ1) is 12.7. The molecule has 0 fully saturated rings. The maximum absolute atomic E-state index is 12.5. The Morgan fingerprint density at radius 3 is 2.27 bits per heavy atom. The molecule has 0 aliphatic carbocycles. The molecule has 5 nitrogen and oxygen atoms in total. The number of carbonyl (C=O) groups is 2. The Balaban J connectivity index is 2.03. The van der Waals surface area contributed by atoms with E-state index in [0.29, 0.717) is 18.8 Å². The zero-order valence-corrected chi connectivity index (χ0v) is 14.9. The highest BCUT2D eigenvalue weighted by molar-refractivity contribution is 5.96. The standard InChI is InChI=1S/C21H22O5/c1-24-20(22)19(21(23)25-2)18-15(12-14-8-4-3-5-9-14)13-26-17-11-7-6-10-16(17)18/h3-11,15,18-19H,12-13H2,1-2H3. The molecular formula is C21H22O5. The van der Waals surface area contributed by atoms with E-state index >= 15 is 0 Å². The Bertz CT molecular complexity index is 755. The van der Waals surface area contributed by atoms with Crippen LogP contribution in [-0.4, -0.2) is 32.8 Å². The number of carbonyl (C=O) groups excluding carboxylic acids is 2. The van der Waals surface area contributed by atoms with Crippen LogP contribution in [-0.2, 0) is 25.5 Å². The second kappa shape index (κ2) is 8.04. The van der Waals surface area contributed by atoms with Gasteiger partial charge >= 0.3 is 11.9 Å². The Morgan fingerprint density at radius 2 is 1.62 bits per heavy atom. The molecule has 0 bridgehead atoms. The SMILES string of the molecule is COC(=O)C(C(=O)OC)C1c2ccccc2OCC1Cc1ccccc1. The van der Waals surface area contributed by atoms with Gasteiger partial charge in [-0.1, -0.05) is 48.5 Å². The fraction of sp³-hybridized carbons (Fsp3) is 0.333. The minimum absolute atomic E-state index is 0.0597. The van der Waals surface area contributed by atoms with E-state index in [0.717, 1.165) is 11.1 Å². The van der Waals surface area contributed by atoms with Gasteiger partial charge in [0.05, 0.1) is 20.8 Å². The van der Waals surface area contributed by atoms with Crippen LogP contribution in [0.2, 0.25) is 0 Å². The summed E-state index contributed by atoms with van der Waals surface area (Å²) >= 11 is 0. The lowest BCUT2D eigenvalue weighted by Crippen LogP contribution is -2.40. The average Bonchev–Trinajstić information content (AvgIpc) is 2.69. The summed E-state index contributed by atoms with van der Waals surface area (Å²) in [5.74, 6) is -1.94. The molecular weight excluding hydrogens is 332 g/mol. The molecule has 2 aromatic carbocycles. The van der Waals surface area contributed by atoms with Crippen LogP contribution < -0.4 is 4.74 Å². The van der Waals surface area contributed by atoms with Gasteiger partial charge in [0.1, 0.15) is 5.75 Å². The summed E-state index contributed by atoms with van der Waals surface area (Å²) in [7, 11) is 2.57. The second-order valence-electron chi connectivity index (χ2n) is 6.35. The number of para-hydroxylation sites is 1. The van der Waals surface area contributed by atoms with Gasteiger partial charge in [-0.2, -0.15) is 0 Å².